The first kappa shape index (κ1) is 20.7. The van der Waals surface area contributed by atoms with Gasteiger partial charge in [0.25, 0.3) is 0 Å². The van der Waals surface area contributed by atoms with Crippen LogP contribution in [0.4, 0.5) is 5.82 Å². The number of amides is 1. The van der Waals surface area contributed by atoms with E-state index in [1.807, 2.05) is 41.1 Å². The summed E-state index contributed by atoms with van der Waals surface area (Å²) in [5.74, 6) is 1.13. The zero-order chi connectivity index (χ0) is 20.9. The molecule has 4 rings (SSSR count). The lowest BCUT2D eigenvalue weighted by molar-refractivity contribution is -0.129. The molecule has 0 aliphatic carbocycles. The molecule has 1 amide bonds. The van der Waals surface area contributed by atoms with Crippen LogP contribution < -0.4 is 4.90 Å². The number of hydrogen-bond acceptors (Lipinski definition) is 5. The maximum Gasteiger partial charge on any atom is 0.233 e. The normalized spacial score (nSPS) is 13.1. The molecule has 2 heterocycles. The second-order valence-electron chi connectivity index (χ2n) is 7.30. The van der Waals surface area contributed by atoms with Crippen molar-refractivity contribution in [3.63, 3.8) is 0 Å². The topological polar surface area (TPSA) is 49.3 Å². The lowest BCUT2D eigenvalue weighted by Gasteiger charge is -2.28. The van der Waals surface area contributed by atoms with E-state index in [0.29, 0.717) is 29.2 Å². The fourth-order valence-electron chi connectivity index (χ4n) is 3.51. The number of fused-ring (bicyclic) bond motifs is 1. The van der Waals surface area contributed by atoms with Crippen molar-refractivity contribution in [3.05, 3.63) is 82.5 Å². The monoisotopic (exact) mass is 438 g/mol. The highest BCUT2D eigenvalue weighted by Crippen LogP contribution is 2.24. The van der Waals surface area contributed by atoms with Gasteiger partial charge in [0.15, 0.2) is 5.16 Å². The summed E-state index contributed by atoms with van der Waals surface area (Å²) in [5, 5.41) is 0.893. The van der Waals surface area contributed by atoms with Gasteiger partial charge < -0.3 is 9.80 Å². The molecular formula is C23H23ClN4OS. The Labute approximate surface area is 186 Å². The van der Waals surface area contributed by atoms with Crippen LogP contribution in [0, 0.1) is 0 Å². The number of nitrogens with zero attached hydrogens (tertiary/aromatic N) is 4. The molecule has 0 saturated carbocycles. The second-order valence-corrected chi connectivity index (χ2v) is 8.63. The predicted molar refractivity (Wildman–Crippen MR) is 122 cm³/mol. The molecule has 1 aliphatic heterocycles. The van der Waals surface area contributed by atoms with Crippen LogP contribution in [0.3, 0.4) is 0 Å². The molecule has 0 unspecified atom stereocenters. The van der Waals surface area contributed by atoms with Gasteiger partial charge in [0, 0.05) is 32.7 Å². The summed E-state index contributed by atoms with van der Waals surface area (Å²) in [6, 6.07) is 20.2. The van der Waals surface area contributed by atoms with E-state index in [2.05, 4.69) is 40.3 Å². The Hall–Kier alpha value is -2.57. The average molecular weight is 439 g/mol. The predicted octanol–water partition coefficient (Wildman–Crippen LogP) is 4.44. The summed E-state index contributed by atoms with van der Waals surface area (Å²) in [6.07, 6.45) is 0.897. The first-order valence-electron chi connectivity index (χ1n) is 9.85. The van der Waals surface area contributed by atoms with Crippen molar-refractivity contribution >= 4 is 35.1 Å². The van der Waals surface area contributed by atoms with Crippen molar-refractivity contribution in [2.45, 2.75) is 24.7 Å². The SMILES string of the molecule is CN(Cc1ccccc1)c1cc(Cl)nc(SCC(=O)N2CCc3ccccc3C2)n1. The van der Waals surface area contributed by atoms with Gasteiger partial charge in [-0.3, -0.25) is 4.79 Å². The zero-order valence-electron chi connectivity index (χ0n) is 16.8. The van der Waals surface area contributed by atoms with Crippen molar-refractivity contribution in [1.82, 2.24) is 14.9 Å². The standard InChI is InChI=1S/C23H23ClN4OS/c1-27(14-17-7-3-2-4-8-17)21-13-20(24)25-23(26-21)30-16-22(29)28-12-11-18-9-5-6-10-19(18)15-28/h2-10,13H,11-12,14-16H2,1H3. The first-order chi connectivity index (χ1) is 14.6. The molecule has 1 aliphatic rings. The molecule has 5 nitrogen and oxygen atoms in total. The molecule has 2 aromatic carbocycles. The molecule has 0 fully saturated rings. The quantitative estimate of drug-likeness (QED) is 0.323. The molecule has 0 radical (unpaired) electrons. The number of aromatic nitrogens is 2. The molecule has 7 heteroatoms. The molecule has 1 aromatic heterocycles. The summed E-state index contributed by atoms with van der Waals surface area (Å²) in [7, 11) is 1.97. The van der Waals surface area contributed by atoms with Gasteiger partial charge in [-0.2, -0.15) is 0 Å². The second kappa shape index (κ2) is 9.49. The largest absolute Gasteiger partial charge is 0.355 e. The van der Waals surface area contributed by atoms with Crippen LogP contribution in [-0.2, 0) is 24.3 Å². The van der Waals surface area contributed by atoms with Crippen LogP contribution in [0.5, 0.6) is 0 Å². The number of rotatable bonds is 6. The first-order valence-corrected chi connectivity index (χ1v) is 11.2. The summed E-state index contributed by atoms with van der Waals surface area (Å²) in [5.41, 5.74) is 3.74. The Morgan fingerprint density at radius 3 is 2.63 bits per heavy atom. The summed E-state index contributed by atoms with van der Waals surface area (Å²) in [6.45, 7) is 2.12. The number of benzene rings is 2. The highest BCUT2D eigenvalue weighted by Gasteiger charge is 2.21. The van der Waals surface area contributed by atoms with Gasteiger partial charge in [0.05, 0.1) is 5.75 Å². The average Bonchev–Trinajstić information content (AvgIpc) is 2.77. The number of thioether (sulfide) groups is 1. The number of halogens is 1. The molecule has 0 spiro atoms. The van der Waals surface area contributed by atoms with Gasteiger partial charge in [-0.15, -0.1) is 0 Å². The van der Waals surface area contributed by atoms with E-state index < -0.39 is 0 Å². The maximum absolute atomic E-state index is 12.7. The van der Waals surface area contributed by atoms with Crippen molar-refractivity contribution in [3.8, 4) is 0 Å². The van der Waals surface area contributed by atoms with E-state index in [0.717, 1.165) is 18.8 Å². The fraction of sp³-hybridized carbons (Fsp3) is 0.261. The molecule has 0 saturated heterocycles. The van der Waals surface area contributed by atoms with Crippen molar-refractivity contribution in [1.29, 1.82) is 0 Å². The minimum atomic E-state index is 0.0947. The highest BCUT2D eigenvalue weighted by molar-refractivity contribution is 7.99. The smallest absolute Gasteiger partial charge is 0.233 e. The number of hydrogen-bond donors (Lipinski definition) is 0. The lowest BCUT2D eigenvalue weighted by atomic mass is 10.00. The molecule has 30 heavy (non-hydrogen) atoms. The van der Waals surface area contributed by atoms with Gasteiger partial charge in [-0.1, -0.05) is 78.0 Å². The van der Waals surface area contributed by atoms with Crippen LogP contribution in [0.15, 0.2) is 65.8 Å². The maximum atomic E-state index is 12.7. The highest BCUT2D eigenvalue weighted by atomic mass is 35.5. The van der Waals surface area contributed by atoms with Gasteiger partial charge in [-0.05, 0) is 23.1 Å². The van der Waals surface area contributed by atoms with E-state index in [1.54, 1.807) is 6.07 Å². The van der Waals surface area contributed by atoms with Crippen molar-refractivity contribution in [2.24, 2.45) is 0 Å². The number of carbonyl (C=O) groups excluding carboxylic acids is 1. The van der Waals surface area contributed by atoms with E-state index in [1.165, 1.54) is 28.5 Å². The lowest BCUT2D eigenvalue weighted by Crippen LogP contribution is -2.37. The van der Waals surface area contributed by atoms with Gasteiger partial charge in [0.1, 0.15) is 11.0 Å². The molecule has 154 valence electrons. The third kappa shape index (κ3) is 5.12. The van der Waals surface area contributed by atoms with E-state index in [4.69, 9.17) is 11.6 Å². The Kier molecular flexibility index (Phi) is 6.55. The van der Waals surface area contributed by atoms with Gasteiger partial charge in [-0.25, -0.2) is 9.97 Å². The van der Waals surface area contributed by atoms with Gasteiger partial charge >= 0.3 is 0 Å². The third-order valence-electron chi connectivity index (χ3n) is 5.12. The van der Waals surface area contributed by atoms with Crippen LogP contribution in [-0.4, -0.2) is 40.1 Å². The van der Waals surface area contributed by atoms with E-state index >= 15 is 0 Å². The minimum absolute atomic E-state index is 0.0947. The van der Waals surface area contributed by atoms with Crippen molar-refractivity contribution < 1.29 is 4.79 Å². The van der Waals surface area contributed by atoms with E-state index in [-0.39, 0.29) is 5.91 Å². The molecule has 0 atom stereocenters. The summed E-state index contributed by atoms with van der Waals surface area (Å²) >= 11 is 7.56. The van der Waals surface area contributed by atoms with Crippen LogP contribution >= 0.6 is 23.4 Å². The molecule has 3 aromatic rings. The Balaban J connectivity index is 1.38. The molecule has 0 bridgehead atoms. The number of carbonyl (C=O) groups is 1. The van der Waals surface area contributed by atoms with Gasteiger partial charge in [0.2, 0.25) is 5.91 Å². The van der Waals surface area contributed by atoms with Crippen LogP contribution in [0.1, 0.15) is 16.7 Å². The van der Waals surface area contributed by atoms with Crippen LogP contribution in [0.25, 0.3) is 0 Å². The third-order valence-corrected chi connectivity index (χ3v) is 6.15. The summed E-state index contributed by atoms with van der Waals surface area (Å²) < 4.78 is 0. The Bertz CT molecular complexity index is 1030. The summed E-state index contributed by atoms with van der Waals surface area (Å²) in [4.78, 5) is 25.6. The fourth-order valence-corrected chi connectivity index (χ4v) is 4.49. The van der Waals surface area contributed by atoms with Crippen LogP contribution in [0.2, 0.25) is 5.15 Å². The molecular weight excluding hydrogens is 416 g/mol. The molecule has 0 N–H and O–H groups in total. The van der Waals surface area contributed by atoms with Crippen molar-refractivity contribution in [2.75, 3.05) is 24.2 Å². The Morgan fingerprint density at radius 2 is 1.83 bits per heavy atom. The number of anilines is 1. The van der Waals surface area contributed by atoms with E-state index in [9.17, 15) is 4.79 Å². The Morgan fingerprint density at radius 1 is 1.10 bits per heavy atom. The zero-order valence-corrected chi connectivity index (χ0v) is 18.4. The minimum Gasteiger partial charge on any atom is -0.355 e.